The Morgan fingerprint density at radius 3 is 2.55 bits per heavy atom. The molecule has 3 aliphatic rings. The molecule has 2 N–H and O–H groups in total. The first-order valence-corrected chi connectivity index (χ1v) is 10.9. The fourth-order valence-electron chi connectivity index (χ4n) is 3.33. The lowest BCUT2D eigenvalue weighted by Crippen LogP contribution is -2.56. The lowest BCUT2D eigenvalue weighted by atomic mass is 10.1. The number of alkyl halides is 2. The van der Waals surface area contributed by atoms with Crippen LogP contribution >= 0.6 is 0 Å². The van der Waals surface area contributed by atoms with Crippen molar-refractivity contribution in [3.05, 3.63) is 17.8 Å². The van der Waals surface area contributed by atoms with Crippen LogP contribution in [0.2, 0.25) is 0 Å². The highest BCUT2D eigenvalue weighted by Crippen LogP contribution is 2.38. The minimum absolute atomic E-state index is 0.0379. The first-order valence-electron chi connectivity index (χ1n) is 9.12. The number of nitrogens with two attached hydrogens (primary N) is 1. The van der Waals surface area contributed by atoms with Crippen LogP contribution in [0.1, 0.15) is 23.3 Å². The van der Waals surface area contributed by atoms with Crippen molar-refractivity contribution in [2.75, 3.05) is 36.2 Å². The zero-order valence-corrected chi connectivity index (χ0v) is 16.2. The maximum atomic E-state index is 13.3. The summed E-state index contributed by atoms with van der Waals surface area (Å²) >= 11 is 0. The van der Waals surface area contributed by atoms with Crippen LogP contribution in [-0.4, -0.2) is 73.4 Å². The van der Waals surface area contributed by atoms with Crippen molar-refractivity contribution < 1.29 is 31.5 Å². The van der Waals surface area contributed by atoms with Crippen molar-refractivity contribution in [2.24, 2.45) is 11.7 Å². The lowest BCUT2D eigenvalue weighted by Gasteiger charge is -2.40. The summed E-state index contributed by atoms with van der Waals surface area (Å²) < 4.78 is 56.0. The van der Waals surface area contributed by atoms with Crippen molar-refractivity contribution in [1.29, 1.82) is 0 Å². The van der Waals surface area contributed by atoms with Crippen LogP contribution < -0.4 is 15.4 Å². The Morgan fingerprint density at radius 1 is 1.28 bits per heavy atom. The number of primary amides is 1. The molecule has 3 heterocycles. The normalized spacial score (nSPS) is 24.8. The number of rotatable bonds is 6. The van der Waals surface area contributed by atoms with Crippen molar-refractivity contribution in [2.45, 2.75) is 24.8 Å². The molecule has 4 rings (SSSR count). The third-order valence-corrected chi connectivity index (χ3v) is 6.61. The van der Waals surface area contributed by atoms with Gasteiger partial charge in [0.15, 0.2) is 9.84 Å². The van der Waals surface area contributed by atoms with Crippen LogP contribution in [0.15, 0.2) is 12.1 Å². The third-order valence-electron chi connectivity index (χ3n) is 5.11. The number of carbonyl (C=O) groups is 2. The molecule has 158 valence electrons. The second kappa shape index (κ2) is 6.78. The number of pyridine rings is 1. The van der Waals surface area contributed by atoms with Gasteiger partial charge in [-0.05, 0) is 30.9 Å². The molecule has 0 aromatic carbocycles. The standard InChI is InChI=1S/C17H20F2N4O5S/c18-17(19)7-22(8-17)12-4-3-11(21-15(12)28-5-10-1-2-10)16(25)23-9-29(26,27)6-13(23)14(20)24/h3-4,10,13H,1-2,5-9H2,(H2,20,24). The van der Waals surface area contributed by atoms with Crippen molar-refractivity contribution in [3.8, 4) is 5.88 Å². The molecule has 1 atom stereocenters. The largest absolute Gasteiger partial charge is 0.476 e. The highest BCUT2D eigenvalue weighted by Gasteiger charge is 2.46. The molecule has 1 unspecified atom stereocenters. The van der Waals surface area contributed by atoms with E-state index in [2.05, 4.69) is 4.98 Å². The topological polar surface area (TPSA) is 123 Å². The number of sulfone groups is 1. The highest BCUT2D eigenvalue weighted by atomic mass is 32.2. The molecule has 29 heavy (non-hydrogen) atoms. The number of hydrogen-bond acceptors (Lipinski definition) is 7. The van der Waals surface area contributed by atoms with Gasteiger partial charge in [0.05, 0.1) is 25.4 Å². The van der Waals surface area contributed by atoms with Crippen molar-refractivity contribution in [3.63, 3.8) is 0 Å². The number of carbonyl (C=O) groups excluding carboxylic acids is 2. The molecule has 0 bridgehead atoms. The first-order chi connectivity index (χ1) is 13.5. The van der Waals surface area contributed by atoms with Crippen molar-refractivity contribution >= 4 is 27.3 Å². The van der Waals surface area contributed by atoms with Crippen LogP contribution in [0.3, 0.4) is 0 Å². The summed E-state index contributed by atoms with van der Waals surface area (Å²) in [5, 5.41) is 0. The van der Waals surface area contributed by atoms with Crippen LogP contribution in [0.25, 0.3) is 0 Å². The fourth-order valence-corrected chi connectivity index (χ4v) is 4.98. The SMILES string of the molecule is NC(=O)C1CS(=O)(=O)CN1C(=O)c1ccc(N2CC(F)(F)C2)c(OCC2CC2)n1. The number of halogens is 2. The van der Waals surface area contributed by atoms with Crippen LogP contribution in [0, 0.1) is 5.92 Å². The summed E-state index contributed by atoms with van der Waals surface area (Å²) in [5.41, 5.74) is 5.44. The van der Waals surface area contributed by atoms with Crippen LogP contribution in [0.5, 0.6) is 5.88 Å². The Balaban J connectivity index is 1.60. The third kappa shape index (κ3) is 4.11. The van der Waals surface area contributed by atoms with Gasteiger partial charge < -0.3 is 20.3 Å². The van der Waals surface area contributed by atoms with E-state index >= 15 is 0 Å². The molecule has 12 heteroatoms. The van der Waals surface area contributed by atoms with Gasteiger partial charge in [-0.3, -0.25) is 9.59 Å². The first kappa shape index (κ1) is 19.8. The van der Waals surface area contributed by atoms with Gasteiger partial charge in [0, 0.05) is 0 Å². The van der Waals surface area contributed by atoms with Gasteiger partial charge in [0.1, 0.15) is 23.3 Å². The van der Waals surface area contributed by atoms with E-state index in [-0.39, 0.29) is 11.6 Å². The number of nitrogens with zero attached hydrogens (tertiary/aromatic N) is 3. The Kier molecular flexibility index (Phi) is 4.63. The number of anilines is 1. The average molecular weight is 430 g/mol. The molecule has 3 fully saturated rings. The van der Waals surface area contributed by atoms with E-state index < -0.39 is 58.3 Å². The van der Waals surface area contributed by atoms with Crippen LogP contribution in [0.4, 0.5) is 14.5 Å². The molecule has 1 aromatic rings. The number of ether oxygens (including phenoxy) is 1. The summed E-state index contributed by atoms with van der Waals surface area (Å²) in [4.78, 5) is 30.8. The van der Waals surface area contributed by atoms with Gasteiger partial charge in [-0.2, -0.15) is 0 Å². The van der Waals surface area contributed by atoms with E-state index in [1.807, 2.05) is 0 Å². The smallest absolute Gasteiger partial charge is 0.282 e. The van der Waals surface area contributed by atoms with Gasteiger partial charge in [-0.1, -0.05) is 0 Å². The predicted octanol–water partition coefficient (Wildman–Crippen LogP) is 0.00770. The van der Waals surface area contributed by atoms with E-state index in [1.54, 1.807) is 0 Å². The molecule has 0 spiro atoms. The average Bonchev–Trinajstić information content (AvgIpc) is 3.38. The van der Waals surface area contributed by atoms with E-state index in [0.717, 1.165) is 17.7 Å². The zero-order valence-electron chi connectivity index (χ0n) is 15.4. The summed E-state index contributed by atoms with van der Waals surface area (Å²) in [6, 6.07) is 1.47. The molecule has 1 aromatic heterocycles. The van der Waals surface area contributed by atoms with E-state index in [9.17, 15) is 26.8 Å². The maximum absolute atomic E-state index is 13.3. The monoisotopic (exact) mass is 430 g/mol. The number of hydrogen-bond donors (Lipinski definition) is 1. The summed E-state index contributed by atoms with van der Waals surface area (Å²) in [6.07, 6.45) is 2.00. The molecular weight excluding hydrogens is 410 g/mol. The van der Waals surface area contributed by atoms with Gasteiger partial charge in [0.2, 0.25) is 11.8 Å². The van der Waals surface area contributed by atoms with Crippen molar-refractivity contribution in [1.82, 2.24) is 9.88 Å². The maximum Gasteiger partial charge on any atom is 0.282 e. The molecule has 1 saturated carbocycles. The summed E-state index contributed by atoms with van der Waals surface area (Å²) in [7, 11) is -3.64. The Hall–Kier alpha value is -2.50. The Labute approximate surface area is 165 Å². The van der Waals surface area contributed by atoms with E-state index in [4.69, 9.17) is 10.5 Å². The Bertz CT molecular complexity index is 959. The molecule has 2 amide bonds. The minimum Gasteiger partial charge on any atom is -0.476 e. The van der Waals surface area contributed by atoms with Gasteiger partial charge in [-0.15, -0.1) is 0 Å². The minimum atomic E-state index is -3.64. The highest BCUT2D eigenvalue weighted by molar-refractivity contribution is 7.91. The lowest BCUT2D eigenvalue weighted by molar-refractivity contribution is -0.121. The van der Waals surface area contributed by atoms with E-state index in [1.165, 1.54) is 17.0 Å². The molecule has 1 aliphatic carbocycles. The molecule has 2 aliphatic heterocycles. The second-order valence-electron chi connectivity index (χ2n) is 7.72. The molecular formula is C17H20F2N4O5S. The van der Waals surface area contributed by atoms with Gasteiger partial charge in [-0.25, -0.2) is 22.2 Å². The zero-order chi connectivity index (χ0) is 21.0. The Morgan fingerprint density at radius 2 is 1.97 bits per heavy atom. The number of aromatic nitrogens is 1. The van der Waals surface area contributed by atoms with Gasteiger partial charge in [0.25, 0.3) is 11.8 Å². The summed E-state index contributed by atoms with van der Waals surface area (Å²) in [6.45, 7) is -0.602. The summed E-state index contributed by atoms with van der Waals surface area (Å²) in [5.74, 6) is -5.28. The van der Waals surface area contributed by atoms with Gasteiger partial charge >= 0.3 is 0 Å². The molecule has 0 radical (unpaired) electrons. The molecule has 2 saturated heterocycles. The number of amides is 2. The fraction of sp³-hybridized carbons (Fsp3) is 0.588. The predicted molar refractivity (Wildman–Crippen MR) is 97.4 cm³/mol. The quantitative estimate of drug-likeness (QED) is 0.674. The second-order valence-corrected chi connectivity index (χ2v) is 9.80. The van der Waals surface area contributed by atoms with E-state index in [0.29, 0.717) is 18.2 Å². The van der Waals surface area contributed by atoms with Crippen LogP contribution in [-0.2, 0) is 14.6 Å². The molecule has 9 nitrogen and oxygen atoms in total.